The fraction of sp³-hybridized carbons (Fsp3) is 0.350. The van der Waals surface area contributed by atoms with E-state index in [0.717, 1.165) is 18.4 Å². The first-order valence-corrected chi connectivity index (χ1v) is 8.41. The lowest BCUT2D eigenvalue weighted by Gasteiger charge is -2.28. The molecule has 2 aromatic carbocycles. The van der Waals surface area contributed by atoms with Crippen LogP contribution in [0.4, 0.5) is 0 Å². The molecule has 1 atom stereocenters. The van der Waals surface area contributed by atoms with Crippen molar-refractivity contribution >= 4 is 5.91 Å². The van der Waals surface area contributed by atoms with Crippen molar-refractivity contribution in [2.45, 2.75) is 25.3 Å². The summed E-state index contributed by atoms with van der Waals surface area (Å²) in [5.74, 6) is 0.285. The minimum atomic E-state index is 0.0898. The second kappa shape index (κ2) is 7.97. The summed E-state index contributed by atoms with van der Waals surface area (Å²) in [5, 5.41) is 9.58. The van der Waals surface area contributed by atoms with Crippen molar-refractivity contribution in [1.29, 1.82) is 0 Å². The Labute approximate surface area is 142 Å². The number of phenolic OH excluding ortho intramolecular Hbond substituents is 1. The maximum atomic E-state index is 12.8. The maximum Gasteiger partial charge on any atom is 0.227 e. The summed E-state index contributed by atoms with van der Waals surface area (Å²) >= 11 is 0. The monoisotopic (exact) mass is 325 g/mol. The van der Waals surface area contributed by atoms with Gasteiger partial charge in [-0.05, 0) is 36.1 Å². The van der Waals surface area contributed by atoms with Gasteiger partial charge in [0, 0.05) is 13.2 Å². The van der Waals surface area contributed by atoms with Gasteiger partial charge in [0.25, 0.3) is 0 Å². The van der Waals surface area contributed by atoms with Crippen molar-refractivity contribution in [3.8, 4) is 5.75 Å². The van der Waals surface area contributed by atoms with E-state index in [4.69, 9.17) is 4.74 Å². The molecule has 1 N–H and O–H groups in total. The molecular formula is C20H23NO3. The number of benzene rings is 2. The second-order valence-corrected chi connectivity index (χ2v) is 6.19. The van der Waals surface area contributed by atoms with E-state index in [1.165, 1.54) is 5.56 Å². The summed E-state index contributed by atoms with van der Waals surface area (Å²) in [6, 6.07) is 17.3. The number of nitrogens with zero attached hydrogens (tertiary/aromatic N) is 1. The van der Waals surface area contributed by atoms with Crippen molar-refractivity contribution in [3.63, 3.8) is 0 Å². The van der Waals surface area contributed by atoms with Gasteiger partial charge in [-0.1, -0.05) is 42.5 Å². The van der Waals surface area contributed by atoms with Crippen LogP contribution in [0.15, 0.2) is 54.6 Å². The van der Waals surface area contributed by atoms with Gasteiger partial charge in [-0.25, -0.2) is 0 Å². The van der Waals surface area contributed by atoms with E-state index in [2.05, 4.69) is 12.1 Å². The van der Waals surface area contributed by atoms with Crippen LogP contribution in [0.5, 0.6) is 5.75 Å². The average Bonchev–Trinajstić information content (AvgIpc) is 3.10. The van der Waals surface area contributed by atoms with E-state index >= 15 is 0 Å². The quantitative estimate of drug-likeness (QED) is 0.888. The third-order valence-corrected chi connectivity index (χ3v) is 4.42. The normalized spacial score (nSPS) is 16.9. The highest BCUT2D eigenvalue weighted by Gasteiger charge is 2.27. The van der Waals surface area contributed by atoms with E-state index in [-0.39, 0.29) is 17.7 Å². The number of phenols is 1. The number of rotatable bonds is 6. The zero-order chi connectivity index (χ0) is 16.8. The van der Waals surface area contributed by atoms with Crippen LogP contribution in [-0.2, 0) is 22.4 Å². The lowest BCUT2D eigenvalue weighted by molar-refractivity contribution is -0.132. The highest BCUT2D eigenvalue weighted by molar-refractivity contribution is 5.79. The van der Waals surface area contributed by atoms with E-state index in [9.17, 15) is 9.90 Å². The lowest BCUT2D eigenvalue weighted by atomic mass is 10.1. The molecule has 1 aliphatic heterocycles. The summed E-state index contributed by atoms with van der Waals surface area (Å²) < 4.78 is 5.48. The number of hydrogen-bond donors (Lipinski definition) is 1. The van der Waals surface area contributed by atoms with E-state index in [0.29, 0.717) is 26.2 Å². The van der Waals surface area contributed by atoms with Crippen molar-refractivity contribution in [2.75, 3.05) is 19.8 Å². The van der Waals surface area contributed by atoms with E-state index < -0.39 is 0 Å². The third kappa shape index (κ3) is 4.36. The topological polar surface area (TPSA) is 49.8 Å². The Morgan fingerprint density at radius 3 is 2.62 bits per heavy atom. The Bertz CT molecular complexity index is 666. The van der Waals surface area contributed by atoms with Crippen molar-refractivity contribution in [3.05, 3.63) is 65.7 Å². The minimum Gasteiger partial charge on any atom is -0.508 e. The molecule has 1 fully saturated rings. The van der Waals surface area contributed by atoms with Crippen LogP contribution in [0.3, 0.4) is 0 Å². The van der Waals surface area contributed by atoms with Crippen molar-refractivity contribution < 1.29 is 14.6 Å². The summed E-state index contributed by atoms with van der Waals surface area (Å²) in [6.07, 6.45) is 2.03. The van der Waals surface area contributed by atoms with Crippen LogP contribution < -0.4 is 0 Å². The third-order valence-electron chi connectivity index (χ3n) is 4.42. The number of aromatic hydroxyl groups is 1. The zero-order valence-corrected chi connectivity index (χ0v) is 13.7. The fourth-order valence-corrected chi connectivity index (χ4v) is 3.12. The Morgan fingerprint density at radius 1 is 1.12 bits per heavy atom. The molecule has 4 heteroatoms. The standard InChI is InChI=1S/C20H23NO3/c22-19-8-4-7-17(13-19)14-20(23)21(18-10-12-24-15-18)11-9-16-5-2-1-3-6-16/h1-8,13,18,22H,9-12,14-15H2. The lowest BCUT2D eigenvalue weighted by Crippen LogP contribution is -2.42. The molecule has 1 heterocycles. The first-order chi connectivity index (χ1) is 11.7. The number of carbonyl (C=O) groups is 1. The van der Waals surface area contributed by atoms with Crippen molar-refractivity contribution in [2.24, 2.45) is 0 Å². The Kier molecular flexibility index (Phi) is 5.49. The molecule has 0 spiro atoms. The Hall–Kier alpha value is -2.33. The predicted octanol–water partition coefficient (Wildman–Crippen LogP) is 2.79. The summed E-state index contributed by atoms with van der Waals surface area (Å²) in [7, 11) is 0. The van der Waals surface area contributed by atoms with Crippen LogP contribution in [-0.4, -0.2) is 41.7 Å². The van der Waals surface area contributed by atoms with Gasteiger partial charge in [-0.3, -0.25) is 4.79 Å². The molecule has 1 aliphatic rings. The molecule has 2 aromatic rings. The molecule has 1 saturated heterocycles. The SMILES string of the molecule is O=C(Cc1cccc(O)c1)N(CCc1ccccc1)C1CCOC1. The van der Waals surface area contributed by atoms with Gasteiger partial charge in [0.15, 0.2) is 0 Å². The van der Waals surface area contributed by atoms with E-state index in [1.807, 2.05) is 29.2 Å². The number of hydrogen-bond acceptors (Lipinski definition) is 3. The zero-order valence-electron chi connectivity index (χ0n) is 13.7. The molecule has 0 radical (unpaired) electrons. The highest BCUT2D eigenvalue weighted by Crippen LogP contribution is 2.17. The average molecular weight is 325 g/mol. The molecule has 3 rings (SSSR count). The summed E-state index contributed by atoms with van der Waals surface area (Å²) in [6.45, 7) is 2.02. The molecule has 0 aromatic heterocycles. The first-order valence-electron chi connectivity index (χ1n) is 8.41. The van der Waals surface area contributed by atoms with Crippen LogP contribution in [0.1, 0.15) is 17.5 Å². The molecule has 0 bridgehead atoms. The molecular weight excluding hydrogens is 302 g/mol. The second-order valence-electron chi connectivity index (χ2n) is 6.19. The first kappa shape index (κ1) is 16.5. The number of ether oxygens (including phenoxy) is 1. The van der Waals surface area contributed by atoms with Gasteiger partial charge < -0.3 is 14.7 Å². The van der Waals surface area contributed by atoms with Gasteiger partial charge in [0.05, 0.1) is 19.1 Å². The fourth-order valence-electron chi connectivity index (χ4n) is 3.12. The summed E-state index contributed by atoms with van der Waals surface area (Å²) in [5.41, 5.74) is 2.06. The van der Waals surface area contributed by atoms with Crippen LogP contribution in [0.2, 0.25) is 0 Å². The summed E-state index contributed by atoms with van der Waals surface area (Å²) in [4.78, 5) is 14.8. The molecule has 1 unspecified atom stereocenters. The van der Waals surface area contributed by atoms with Gasteiger partial charge in [0.2, 0.25) is 5.91 Å². The van der Waals surface area contributed by atoms with Crippen LogP contribution in [0, 0.1) is 0 Å². The number of carbonyl (C=O) groups excluding carboxylic acids is 1. The van der Waals surface area contributed by atoms with Crippen LogP contribution >= 0.6 is 0 Å². The molecule has 1 amide bonds. The van der Waals surface area contributed by atoms with Gasteiger partial charge in [-0.2, -0.15) is 0 Å². The predicted molar refractivity (Wildman–Crippen MR) is 92.9 cm³/mol. The van der Waals surface area contributed by atoms with Crippen LogP contribution in [0.25, 0.3) is 0 Å². The van der Waals surface area contributed by atoms with Crippen molar-refractivity contribution in [1.82, 2.24) is 4.90 Å². The largest absolute Gasteiger partial charge is 0.508 e. The minimum absolute atomic E-state index is 0.0898. The molecule has 126 valence electrons. The molecule has 4 nitrogen and oxygen atoms in total. The van der Waals surface area contributed by atoms with Gasteiger partial charge in [-0.15, -0.1) is 0 Å². The molecule has 0 saturated carbocycles. The Balaban J connectivity index is 1.68. The maximum absolute atomic E-state index is 12.8. The Morgan fingerprint density at radius 2 is 1.92 bits per heavy atom. The smallest absolute Gasteiger partial charge is 0.227 e. The molecule has 24 heavy (non-hydrogen) atoms. The molecule has 0 aliphatic carbocycles. The number of amides is 1. The van der Waals surface area contributed by atoms with Gasteiger partial charge >= 0.3 is 0 Å². The van der Waals surface area contributed by atoms with E-state index in [1.54, 1.807) is 18.2 Å². The highest BCUT2D eigenvalue weighted by atomic mass is 16.5. The van der Waals surface area contributed by atoms with Gasteiger partial charge in [0.1, 0.15) is 5.75 Å².